The average molecular weight is 318 g/mol. The Labute approximate surface area is 135 Å². The molecule has 0 radical (unpaired) electrons. The predicted molar refractivity (Wildman–Crippen MR) is 86.7 cm³/mol. The molecule has 0 unspecified atom stereocenters. The van der Waals surface area contributed by atoms with E-state index >= 15 is 0 Å². The van der Waals surface area contributed by atoms with Crippen LogP contribution in [0, 0.1) is 0 Å². The molecule has 2 aliphatic rings. The summed E-state index contributed by atoms with van der Waals surface area (Å²) >= 11 is 0. The summed E-state index contributed by atoms with van der Waals surface area (Å²) in [6.45, 7) is 6.06. The van der Waals surface area contributed by atoms with Crippen LogP contribution in [0.15, 0.2) is 24.3 Å². The van der Waals surface area contributed by atoms with Crippen molar-refractivity contribution in [3.8, 4) is 5.75 Å². The molecule has 7 heteroatoms. The van der Waals surface area contributed by atoms with Gasteiger partial charge in [-0.15, -0.1) is 0 Å². The van der Waals surface area contributed by atoms with Gasteiger partial charge in [-0.3, -0.25) is 19.9 Å². The monoisotopic (exact) mass is 318 g/mol. The van der Waals surface area contributed by atoms with E-state index in [0.717, 1.165) is 44.2 Å². The van der Waals surface area contributed by atoms with Gasteiger partial charge >= 0.3 is 6.03 Å². The number of piperazine rings is 1. The number of urea groups is 1. The van der Waals surface area contributed by atoms with E-state index in [1.54, 1.807) is 4.90 Å². The quantitative estimate of drug-likeness (QED) is 0.823. The lowest BCUT2D eigenvalue weighted by Crippen LogP contribution is -2.49. The summed E-state index contributed by atoms with van der Waals surface area (Å²) in [4.78, 5) is 27.0. The fourth-order valence-electron chi connectivity index (χ4n) is 2.78. The zero-order valence-corrected chi connectivity index (χ0v) is 13.1. The number of nitrogens with zero attached hydrogens (tertiary/aromatic N) is 2. The summed E-state index contributed by atoms with van der Waals surface area (Å²) in [6.07, 6.45) is 0.319. The van der Waals surface area contributed by atoms with E-state index in [9.17, 15) is 9.59 Å². The van der Waals surface area contributed by atoms with Crippen molar-refractivity contribution in [2.45, 2.75) is 6.42 Å². The van der Waals surface area contributed by atoms with Crippen LogP contribution in [0.1, 0.15) is 6.42 Å². The largest absolute Gasteiger partial charge is 0.492 e. The maximum atomic E-state index is 11.9. The van der Waals surface area contributed by atoms with Gasteiger partial charge < -0.3 is 10.1 Å². The van der Waals surface area contributed by atoms with Crippen molar-refractivity contribution in [3.63, 3.8) is 0 Å². The molecule has 2 aliphatic heterocycles. The van der Waals surface area contributed by atoms with Gasteiger partial charge in [0.25, 0.3) is 0 Å². The highest BCUT2D eigenvalue weighted by molar-refractivity contribution is 6.05. The van der Waals surface area contributed by atoms with E-state index in [2.05, 4.69) is 15.5 Å². The van der Waals surface area contributed by atoms with Crippen molar-refractivity contribution in [1.82, 2.24) is 15.5 Å². The van der Waals surface area contributed by atoms with Crippen LogP contribution in [0.3, 0.4) is 0 Å². The number of anilines is 1. The normalized spacial score (nSPS) is 19.6. The van der Waals surface area contributed by atoms with E-state index in [0.29, 0.717) is 19.6 Å². The molecule has 1 aromatic rings. The minimum Gasteiger partial charge on any atom is -0.492 e. The maximum Gasteiger partial charge on any atom is 0.328 e. The summed E-state index contributed by atoms with van der Waals surface area (Å²) in [5.41, 5.74) is 0.745. The van der Waals surface area contributed by atoms with Crippen LogP contribution >= 0.6 is 0 Å². The molecule has 0 spiro atoms. The highest BCUT2D eigenvalue weighted by Crippen LogP contribution is 2.22. The number of carbonyl (C=O) groups excluding carboxylic acids is 2. The number of amides is 3. The molecule has 0 atom stereocenters. The smallest absolute Gasteiger partial charge is 0.328 e. The Morgan fingerprint density at radius 3 is 2.74 bits per heavy atom. The molecule has 0 bridgehead atoms. The third kappa shape index (κ3) is 4.20. The van der Waals surface area contributed by atoms with Gasteiger partial charge in [-0.05, 0) is 12.1 Å². The molecular weight excluding hydrogens is 296 g/mol. The van der Waals surface area contributed by atoms with Crippen LogP contribution in [-0.2, 0) is 4.79 Å². The second-order valence-electron chi connectivity index (χ2n) is 5.69. The zero-order chi connectivity index (χ0) is 16.1. The number of hydrogen-bond acceptors (Lipinski definition) is 5. The van der Waals surface area contributed by atoms with Crippen molar-refractivity contribution in [2.75, 3.05) is 50.8 Å². The van der Waals surface area contributed by atoms with Crippen LogP contribution in [0.5, 0.6) is 5.75 Å². The molecule has 3 rings (SSSR count). The number of carbonyl (C=O) groups is 2. The van der Waals surface area contributed by atoms with Crippen molar-refractivity contribution in [2.24, 2.45) is 0 Å². The van der Waals surface area contributed by atoms with Crippen LogP contribution < -0.4 is 20.3 Å². The fourth-order valence-corrected chi connectivity index (χ4v) is 2.78. The molecule has 124 valence electrons. The standard InChI is InChI=1S/C16H22N4O3/c21-15-4-7-20(16(22)18-15)13-2-1-3-14(12-13)23-11-10-19-8-5-17-6-9-19/h1-3,12,17H,4-11H2,(H,18,21,22). The molecule has 2 N–H and O–H groups in total. The van der Waals surface area contributed by atoms with Crippen LogP contribution in [0.4, 0.5) is 10.5 Å². The first kappa shape index (κ1) is 15.8. The maximum absolute atomic E-state index is 11.9. The van der Waals surface area contributed by atoms with Gasteiger partial charge in [-0.2, -0.15) is 0 Å². The minimum atomic E-state index is -0.376. The molecule has 2 fully saturated rings. The lowest BCUT2D eigenvalue weighted by Gasteiger charge is -2.27. The number of hydrogen-bond donors (Lipinski definition) is 2. The van der Waals surface area contributed by atoms with E-state index in [-0.39, 0.29) is 11.9 Å². The summed E-state index contributed by atoms with van der Waals surface area (Å²) in [7, 11) is 0. The van der Waals surface area contributed by atoms with Crippen molar-refractivity contribution >= 4 is 17.6 Å². The summed E-state index contributed by atoms with van der Waals surface area (Å²) in [6, 6.07) is 7.05. The third-order valence-corrected chi connectivity index (χ3v) is 4.07. The van der Waals surface area contributed by atoms with Crippen molar-refractivity contribution in [1.29, 1.82) is 0 Å². The van der Waals surface area contributed by atoms with E-state index < -0.39 is 0 Å². The SMILES string of the molecule is O=C1CCN(c2cccc(OCCN3CCNCC3)c2)C(=O)N1. The van der Waals surface area contributed by atoms with E-state index in [4.69, 9.17) is 4.74 Å². The molecule has 2 saturated heterocycles. The number of rotatable bonds is 5. The molecule has 1 aromatic carbocycles. The van der Waals surface area contributed by atoms with Gasteiger partial charge in [0.2, 0.25) is 5.91 Å². The summed E-state index contributed by atoms with van der Waals surface area (Å²) in [5, 5.41) is 5.65. The fraction of sp³-hybridized carbons (Fsp3) is 0.500. The Morgan fingerprint density at radius 2 is 1.96 bits per heavy atom. The minimum absolute atomic E-state index is 0.227. The Kier molecular flexibility index (Phi) is 5.09. The number of benzene rings is 1. The summed E-state index contributed by atoms with van der Waals surface area (Å²) in [5.74, 6) is 0.511. The Balaban J connectivity index is 1.54. The molecule has 0 aliphatic carbocycles. The van der Waals surface area contributed by atoms with Gasteiger partial charge in [-0.1, -0.05) is 6.07 Å². The van der Waals surface area contributed by atoms with Gasteiger partial charge in [-0.25, -0.2) is 4.79 Å². The Bertz CT molecular complexity index is 572. The third-order valence-electron chi connectivity index (χ3n) is 4.07. The molecular formula is C16H22N4O3. The summed E-state index contributed by atoms with van der Waals surface area (Å²) < 4.78 is 5.81. The molecule has 23 heavy (non-hydrogen) atoms. The number of nitrogens with one attached hydrogen (secondary N) is 2. The van der Waals surface area contributed by atoms with E-state index in [1.165, 1.54) is 0 Å². The van der Waals surface area contributed by atoms with Crippen molar-refractivity contribution < 1.29 is 14.3 Å². The lowest BCUT2D eigenvalue weighted by molar-refractivity contribution is -0.120. The first-order valence-corrected chi connectivity index (χ1v) is 8.00. The molecule has 2 heterocycles. The van der Waals surface area contributed by atoms with E-state index in [1.807, 2.05) is 24.3 Å². The van der Waals surface area contributed by atoms with Crippen LogP contribution in [-0.4, -0.2) is 62.7 Å². The van der Waals surface area contributed by atoms with Crippen LogP contribution in [0.25, 0.3) is 0 Å². The molecule has 3 amide bonds. The van der Waals surface area contributed by atoms with Gasteiger partial charge in [0.1, 0.15) is 12.4 Å². The van der Waals surface area contributed by atoms with Crippen molar-refractivity contribution in [3.05, 3.63) is 24.3 Å². The molecule has 7 nitrogen and oxygen atoms in total. The molecule has 0 saturated carbocycles. The second-order valence-corrected chi connectivity index (χ2v) is 5.69. The van der Waals surface area contributed by atoms with Gasteiger partial charge in [0.05, 0.1) is 0 Å². The Morgan fingerprint density at radius 1 is 1.13 bits per heavy atom. The Hall–Kier alpha value is -2.12. The highest BCUT2D eigenvalue weighted by atomic mass is 16.5. The predicted octanol–water partition coefficient (Wildman–Crippen LogP) is 0.417. The topological polar surface area (TPSA) is 73.9 Å². The molecule has 0 aromatic heterocycles. The average Bonchev–Trinajstić information content (AvgIpc) is 2.56. The zero-order valence-electron chi connectivity index (χ0n) is 13.1. The van der Waals surface area contributed by atoms with Gasteiger partial charge in [0, 0.05) is 57.4 Å². The second kappa shape index (κ2) is 7.43. The van der Waals surface area contributed by atoms with Crippen LogP contribution in [0.2, 0.25) is 0 Å². The first-order chi connectivity index (χ1) is 11.2. The van der Waals surface area contributed by atoms with Gasteiger partial charge in [0.15, 0.2) is 0 Å². The number of ether oxygens (including phenoxy) is 1. The lowest BCUT2D eigenvalue weighted by atomic mass is 10.2. The first-order valence-electron chi connectivity index (χ1n) is 8.00. The highest BCUT2D eigenvalue weighted by Gasteiger charge is 2.24. The number of imide groups is 1.